The maximum atomic E-state index is 13.3. The number of carbonyl (C=O) groups is 1. The zero-order valence-electron chi connectivity index (χ0n) is 14.9. The van der Waals surface area contributed by atoms with Crippen LogP contribution in [0.15, 0.2) is 42.5 Å². The van der Waals surface area contributed by atoms with E-state index in [9.17, 15) is 17.6 Å². The second-order valence-electron chi connectivity index (χ2n) is 6.58. The highest BCUT2D eigenvalue weighted by Crippen LogP contribution is 2.21. The molecule has 0 spiro atoms. The van der Waals surface area contributed by atoms with Gasteiger partial charge in [-0.2, -0.15) is 0 Å². The monoisotopic (exact) mass is 392 g/mol. The molecule has 144 valence electrons. The second-order valence-corrected chi connectivity index (χ2v) is 8.38. The van der Waals surface area contributed by atoms with Crippen molar-refractivity contribution in [3.8, 4) is 0 Å². The first-order valence-electron chi connectivity index (χ1n) is 8.39. The van der Waals surface area contributed by atoms with Gasteiger partial charge in [-0.15, -0.1) is 0 Å². The van der Waals surface area contributed by atoms with Gasteiger partial charge in [-0.05, 0) is 55.3 Å². The Morgan fingerprint density at radius 2 is 1.81 bits per heavy atom. The van der Waals surface area contributed by atoms with Gasteiger partial charge in [0.15, 0.2) is 5.37 Å². The van der Waals surface area contributed by atoms with Gasteiger partial charge in [0.2, 0.25) is 5.91 Å². The molecule has 1 heterocycles. The molecule has 0 bridgehead atoms. The number of hydrogen-bond acceptors (Lipinski definition) is 5. The molecule has 2 unspecified atom stereocenters. The third-order valence-electron chi connectivity index (χ3n) is 4.18. The summed E-state index contributed by atoms with van der Waals surface area (Å²) in [5, 5.41) is 1.38. The van der Waals surface area contributed by atoms with Crippen LogP contribution in [0.5, 0.6) is 0 Å². The third kappa shape index (κ3) is 4.62. The van der Waals surface area contributed by atoms with E-state index in [-0.39, 0.29) is 12.2 Å². The summed E-state index contributed by atoms with van der Waals surface area (Å²) in [6, 6.07) is 10.8. The maximum Gasteiger partial charge on any atom is 0.250 e. The van der Waals surface area contributed by atoms with Crippen molar-refractivity contribution in [1.29, 1.82) is 0 Å². The van der Waals surface area contributed by atoms with Gasteiger partial charge in [-0.1, -0.05) is 12.1 Å². The van der Waals surface area contributed by atoms with Gasteiger partial charge in [0.1, 0.15) is 5.82 Å². The van der Waals surface area contributed by atoms with Crippen molar-refractivity contribution in [3.63, 3.8) is 0 Å². The van der Waals surface area contributed by atoms with Crippen LogP contribution in [0.4, 0.5) is 15.8 Å². The minimum absolute atomic E-state index is 0.125. The fourth-order valence-corrected chi connectivity index (χ4v) is 4.53. The molecule has 7 nitrogen and oxygen atoms in total. The van der Waals surface area contributed by atoms with Gasteiger partial charge in [0.25, 0.3) is 10.0 Å². The standard InChI is InChI=1S/C18H21FN4O3S/c1-11-6-12(2)8-15(7-11)23-27(25,26)18-16(10-20-22-18)17(24)21-14-5-3-4-13(19)9-14/h3-9,16,18,20,22-23H,10H2,1-2H3,(H,21,24). The minimum atomic E-state index is -3.90. The van der Waals surface area contributed by atoms with Crippen molar-refractivity contribution < 1.29 is 17.6 Å². The number of sulfonamides is 1. The van der Waals surface area contributed by atoms with Crippen molar-refractivity contribution in [1.82, 2.24) is 10.9 Å². The number of nitrogens with one attached hydrogen (secondary N) is 4. The van der Waals surface area contributed by atoms with Crippen LogP contribution < -0.4 is 20.9 Å². The van der Waals surface area contributed by atoms with Crippen LogP contribution in [-0.4, -0.2) is 26.2 Å². The van der Waals surface area contributed by atoms with E-state index in [2.05, 4.69) is 20.9 Å². The lowest BCUT2D eigenvalue weighted by Crippen LogP contribution is -2.45. The molecular weight excluding hydrogens is 371 g/mol. The highest BCUT2D eigenvalue weighted by atomic mass is 32.2. The number of halogens is 1. The van der Waals surface area contributed by atoms with Gasteiger partial charge in [-0.25, -0.2) is 18.2 Å². The first kappa shape index (κ1) is 19.3. The molecular formula is C18H21FN4O3S. The first-order chi connectivity index (χ1) is 12.7. The highest BCUT2D eigenvalue weighted by molar-refractivity contribution is 7.93. The van der Waals surface area contributed by atoms with Crippen LogP contribution in [0.1, 0.15) is 11.1 Å². The average molecular weight is 392 g/mol. The zero-order valence-corrected chi connectivity index (χ0v) is 15.7. The Kier molecular flexibility index (Phi) is 5.45. The lowest BCUT2D eigenvalue weighted by molar-refractivity contribution is -0.119. The van der Waals surface area contributed by atoms with Crippen LogP contribution in [0, 0.1) is 25.6 Å². The Labute approximate surface area is 157 Å². The molecule has 0 saturated carbocycles. The Hall–Kier alpha value is -2.49. The molecule has 1 fully saturated rings. The molecule has 1 amide bonds. The number of amides is 1. The molecule has 3 rings (SSSR count). The smallest absolute Gasteiger partial charge is 0.250 e. The molecule has 0 radical (unpaired) electrons. The van der Waals surface area contributed by atoms with Crippen LogP contribution in [0.3, 0.4) is 0 Å². The minimum Gasteiger partial charge on any atom is -0.326 e. The van der Waals surface area contributed by atoms with E-state index in [1.165, 1.54) is 24.3 Å². The molecule has 2 aromatic carbocycles. The number of carbonyl (C=O) groups excluding carboxylic acids is 1. The summed E-state index contributed by atoms with van der Waals surface area (Å²) >= 11 is 0. The summed E-state index contributed by atoms with van der Waals surface area (Å²) in [6.45, 7) is 3.87. The average Bonchev–Trinajstić information content (AvgIpc) is 3.04. The van der Waals surface area contributed by atoms with Gasteiger partial charge < -0.3 is 5.32 Å². The predicted molar refractivity (Wildman–Crippen MR) is 102 cm³/mol. The first-order valence-corrected chi connectivity index (χ1v) is 9.94. The highest BCUT2D eigenvalue weighted by Gasteiger charge is 2.42. The summed E-state index contributed by atoms with van der Waals surface area (Å²) in [6.07, 6.45) is 0. The van der Waals surface area contributed by atoms with E-state index in [1.54, 1.807) is 12.1 Å². The number of benzene rings is 2. The SMILES string of the molecule is Cc1cc(C)cc(NS(=O)(=O)C2NNCC2C(=O)Nc2cccc(F)c2)c1. The molecule has 1 aliphatic rings. The zero-order chi connectivity index (χ0) is 19.6. The molecule has 1 saturated heterocycles. The Balaban J connectivity index is 1.76. The van der Waals surface area contributed by atoms with Crippen molar-refractivity contribution in [3.05, 3.63) is 59.4 Å². The number of anilines is 2. The van der Waals surface area contributed by atoms with E-state index in [0.29, 0.717) is 5.69 Å². The molecule has 0 aromatic heterocycles. The summed E-state index contributed by atoms with van der Waals surface area (Å²) in [5.74, 6) is -1.90. The summed E-state index contributed by atoms with van der Waals surface area (Å²) in [5.41, 5.74) is 7.90. The van der Waals surface area contributed by atoms with E-state index < -0.39 is 33.0 Å². The lowest BCUT2D eigenvalue weighted by Gasteiger charge is -2.20. The number of aryl methyl sites for hydroxylation is 2. The van der Waals surface area contributed by atoms with E-state index >= 15 is 0 Å². The van der Waals surface area contributed by atoms with E-state index in [1.807, 2.05) is 19.9 Å². The summed E-state index contributed by atoms with van der Waals surface area (Å²) < 4.78 is 41.4. The maximum absolute atomic E-state index is 13.3. The Bertz CT molecular complexity index is 945. The fourth-order valence-electron chi connectivity index (χ4n) is 3.06. The number of rotatable bonds is 5. The van der Waals surface area contributed by atoms with Crippen molar-refractivity contribution in [2.45, 2.75) is 19.2 Å². The Morgan fingerprint density at radius 1 is 1.11 bits per heavy atom. The number of hydrazine groups is 1. The van der Waals surface area contributed by atoms with Gasteiger partial charge in [-0.3, -0.25) is 14.9 Å². The van der Waals surface area contributed by atoms with Crippen molar-refractivity contribution >= 4 is 27.3 Å². The molecule has 4 N–H and O–H groups in total. The van der Waals surface area contributed by atoms with Gasteiger partial charge >= 0.3 is 0 Å². The van der Waals surface area contributed by atoms with Crippen LogP contribution in [0.25, 0.3) is 0 Å². The van der Waals surface area contributed by atoms with Gasteiger partial charge in [0, 0.05) is 17.9 Å². The van der Waals surface area contributed by atoms with Crippen molar-refractivity contribution in [2.75, 3.05) is 16.6 Å². The van der Waals surface area contributed by atoms with E-state index in [4.69, 9.17) is 0 Å². The van der Waals surface area contributed by atoms with Crippen LogP contribution >= 0.6 is 0 Å². The molecule has 2 atom stereocenters. The number of hydrogen-bond donors (Lipinski definition) is 4. The summed E-state index contributed by atoms with van der Waals surface area (Å²) in [4.78, 5) is 12.5. The predicted octanol–water partition coefficient (Wildman–Crippen LogP) is 1.87. The van der Waals surface area contributed by atoms with E-state index in [0.717, 1.165) is 11.1 Å². The second kappa shape index (κ2) is 7.63. The van der Waals surface area contributed by atoms with Crippen LogP contribution in [0.2, 0.25) is 0 Å². The van der Waals surface area contributed by atoms with Crippen LogP contribution in [-0.2, 0) is 14.8 Å². The lowest BCUT2D eigenvalue weighted by atomic mass is 10.1. The Morgan fingerprint density at radius 3 is 2.48 bits per heavy atom. The largest absolute Gasteiger partial charge is 0.326 e. The molecule has 9 heteroatoms. The molecule has 27 heavy (non-hydrogen) atoms. The summed E-state index contributed by atoms with van der Waals surface area (Å²) in [7, 11) is -3.90. The normalized spacial score (nSPS) is 19.7. The topological polar surface area (TPSA) is 99.3 Å². The molecule has 2 aromatic rings. The quantitative estimate of drug-likeness (QED) is 0.623. The van der Waals surface area contributed by atoms with Gasteiger partial charge in [0.05, 0.1) is 5.92 Å². The molecule has 1 aliphatic heterocycles. The molecule has 0 aliphatic carbocycles. The van der Waals surface area contributed by atoms with Crippen molar-refractivity contribution in [2.24, 2.45) is 5.92 Å². The third-order valence-corrected chi connectivity index (χ3v) is 5.81. The fraction of sp³-hybridized carbons (Fsp3) is 0.278.